The van der Waals surface area contributed by atoms with Crippen LogP contribution in [0, 0.1) is 0 Å². The number of aliphatic hydroxyl groups excluding tert-OH is 11. The van der Waals surface area contributed by atoms with E-state index in [0.29, 0.717) is 12.8 Å². The Hall–Kier alpha value is -2.51. The minimum Gasteiger partial charge on any atom is -0.394 e. The van der Waals surface area contributed by atoms with Crippen LogP contribution in [0.2, 0.25) is 0 Å². The van der Waals surface area contributed by atoms with E-state index in [1.165, 1.54) is 38.5 Å². The maximum absolute atomic E-state index is 13.2. The smallest absolute Gasteiger partial charge is 0.220 e. The van der Waals surface area contributed by atoms with Gasteiger partial charge in [-0.2, -0.15) is 0 Å². The van der Waals surface area contributed by atoms with Crippen molar-refractivity contribution in [1.82, 2.24) is 5.32 Å². The Bertz CT molecular complexity index is 1590. The molecule has 19 nitrogen and oxygen atoms in total. The molecule has 19 heteroatoms. The molecule has 0 aliphatic carbocycles. The van der Waals surface area contributed by atoms with Crippen molar-refractivity contribution in [3.05, 3.63) is 60.8 Å². The molecule has 0 aromatic rings. The molecule has 3 saturated heterocycles. The van der Waals surface area contributed by atoms with E-state index >= 15 is 0 Å². The molecule has 3 aliphatic rings. The summed E-state index contributed by atoms with van der Waals surface area (Å²) < 4.78 is 34.1. The Morgan fingerprint density at radius 1 is 0.486 bits per heavy atom. The van der Waals surface area contributed by atoms with Crippen LogP contribution in [-0.2, 0) is 33.2 Å². The van der Waals surface area contributed by atoms with Crippen LogP contribution in [0.4, 0.5) is 0 Å². The molecule has 3 rings (SSSR count). The van der Waals surface area contributed by atoms with Crippen molar-refractivity contribution >= 4 is 5.91 Å². The molecular weight excluding hydrogens is 963 g/mol. The second kappa shape index (κ2) is 38.9. The Morgan fingerprint density at radius 2 is 0.905 bits per heavy atom. The molecule has 0 saturated carbocycles. The molecule has 3 heterocycles. The number of carbonyl (C=O) groups excluding carboxylic acids is 1. The summed E-state index contributed by atoms with van der Waals surface area (Å²) in [5.74, 6) is -0.304. The summed E-state index contributed by atoms with van der Waals surface area (Å²) in [5.41, 5.74) is 0. The fourth-order valence-electron chi connectivity index (χ4n) is 8.92. The molecule has 0 radical (unpaired) electrons. The Labute approximate surface area is 439 Å². The molecule has 12 N–H and O–H groups in total. The van der Waals surface area contributed by atoms with Gasteiger partial charge in [0, 0.05) is 6.42 Å². The zero-order valence-electron chi connectivity index (χ0n) is 44.0. The number of unbranched alkanes of at least 4 members (excludes halogenated alkanes) is 14. The van der Waals surface area contributed by atoms with E-state index in [-0.39, 0.29) is 18.9 Å². The maximum atomic E-state index is 13.2. The number of carbonyl (C=O) groups is 1. The van der Waals surface area contributed by atoms with E-state index in [1.54, 1.807) is 6.08 Å². The van der Waals surface area contributed by atoms with E-state index in [1.807, 2.05) is 6.08 Å². The highest BCUT2D eigenvalue weighted by Gasteiger charge is 2.53. The van der Waals surface area contributed by atoms with Crippen LogP contribution < -0.4 is 5.32 Å². The summed E-state index contributed by atoms with van der Waals surface area (Å²) in [4.78, 5) is 13.2. The van der Waals surface area contributed by atoms with Gasteiger partial charge < -0.3 is 89.9 Å². The summed E-state index contributed by atoms with van der Waals surface area (Å²) in [6.45, 7) is 1.58. The lowest BCUT2D eigenvalue weighted by Gasteiger charge is -2.48. The van der Waals surface area contributed by atoms with Crippen LogP contribution in [0.15, 0.2) is 60.8 Å². The molecule has 428 valence electrons. The zero-order valence-corrected chi connectivity index (χ0v) is 44.0. The summed E-state index contributed by atoms with van der Waals surface area (Å²) in [7, 11) is 0. The van der Waals surface area contributed by atoms with Gasteiger partial charge in [0.25, 0.3) is 0 Å². The summed E-state index contributed by atoms with van der Waals surface area (Å²) in [6.07, 6.45) is 15.1. The van der Waals surface area contributed by atoms with Crippen LogP contribution >= 0.6 is 0 Å². The first-order chi connectivity index (χ1) is 35.8. The minimum absolute atomic E-state index is 0.218. The van der Waals surface area contributed by atoms with Crippen molar-refractivity contribution in [2.24, 2.45) is 0 Å². The topological polar surface area (TPSA) is 307 Å². The quantitative estimate of drug-likeness (QED) is 0.0312. The second-order valence-corrected chi connectivity index (χ2v) is 19.7. The molecule has 17 atom stereocenters. The molecule has 74 heavy (non-hydrogen) atoms. The van der Waals surface area contributed by atoms with Crippen molar-refractivity contribution in [1.29, 1.82) is 0 Å². The minimum atomic E-state index is -1.98. The lowest BCUT2D eigenvalue weighted by Crippen LogP contribution is -2.66. The third-order valence-corrected chi connectivity index (χ3v) is 13.5. The number of nitrogens with one attached hydrogen (secondary N) is 1. The van der Waals surface area contributed by atoms with Crippen LogP contribution in [-0.4, -0.2) is 193 Å². The number of aliphatic hydroxyl groups is 11. The van der Waals surface area contributed by atoms with Crippen molar-refractivity contribution in [2.75, 3.05) is 26.4 Å². The van der Waals surface area contributed by atoms with Crippen LogP contribution in [0.5, 0.6) is 0 Å². The average molecular weight is 1060 g/mol. The molecule has 0 aromatic carbocycles. The molecule has 17 unspecified atom stereocenters. The number of amides is 1. The third kappa shape index (κ3) is 23.6. The highest BCUT2D eigenvalue weighted by atomic mass is 16.8. The van der Waals surface area contributed by atoms with Crippen molar-refractivity contribution < 1.29 is 89.4 Å². The van der Waals surface area contributed by atoms with Gasteiger partial charge in [-0.1, -0.05) is 132 Å². The lowest BCUT2D eigenvalue weighted by atomic mass is 9.96. The standard InChI is InChI=1S/C55H95NO18/c1-3-5-7-9-11-13-15-16-17-18-19-20-21-22-23-25-27-29-31-33-43(61)56-38(39(60)32-30-28-26-24-14-12-10-8-6-4-2)37-69-53-49(67)46(64)51(41(35-58)71-53)74-55-50(68)47(65)52(42(36-59)72-55)73-54-48(66)45(63)44(62)40(34-57)70-54/h11,13-14,16-17,19-20,24,30,32,38-42,44-55,57-60,62-68H,3-10,12,15,18,21-23,25-29,31,33-37H2,1-2H3,(H,56,61)/b13-11-,17-16-,20-19-,24-14+,32-30+. The third-order valence-electron chi connectivity index (χ3n) is 13.5. The lowest BCUT2D eigenvalue weighted by molar-refractivity contribution is -0.379. The first-order valence-corrected chi connectivity index (χ1v) is 27.5. The van der Waals surface area contributed by atoms with Crippen molar-refractivity contribution in [3.8, 4) is 0 Å². The molecule has 0 aromatic heterocycles. The van der Waals surface area contributed by atoms with E-state index in [0.717, 1.165) is 77.0 Å². The van der Waals surface area contributed by atoms with Gasteiger partial charge in [0.05, 0.1) is 38.6 Å². The van der Waals surface area contributed by atoms with Gasteiger partial charge in [-0.25, -0.2) is 0 Å². The highest BCUT2D eigenvalue weighted by molar-refractivity contribution is 5.76. The largest absolute Gasteiger partial charge is 0.394 e. The molecule has 0 bridgehead atoms. The van der Waals surface area contributed by atoms with E-state index < -0.39 is 124 Å². The molecule has 1 amide bonds. The van der Waals surface area contributed by atoms with Gasteiger partial charge in [-0.05, 0) is 70.6 Å². The van der Waals surface area contributed by atoms with Crippen LogP contribution in [0.3, 0.4) is 0 Å². The van der Waals surface area contributed by atoms with Crippen molar-refractivity contribution in [2.45, 2.75) is 253 Å². The molecule has 3 aliphatic heterocycles. The highest BCUT2D eigenvalue weighted by Crippen LogP contribution is 2.33. The molecule has 0 spiro atoms. The average Bonchev–Trinajstić information content (AvgIpc) is 3.40. The van der Waals surface area contributed by atoms with E-state index in [4.69, 9.17) is 28.4 Å². The van der Waals surface area contributed by atoms with Gasteiger partial charge in [0.1, 0.15) is 73.2 Å². The second-order valence-electron chi connectivity index (χ2n) is 19.7. The normalized spacial score (nSPS) is 31.9. The summed E-state index contributed by atoms with van der Waals surface area (Å²) >= 11 is 0. The number of hydrogen-bond acceptors (Lipinski definition) is 18. The fourth-order valence-corrected chi connectivity index (χ4v) is 8.92. The Morgan fingerprint density at radius 3 is 1.47 bits per heavy atom. The van der Waals surface area contributed by atoms with Gasteiger partial charge in [-0.3, -0.25) is 4.79 Å². The first-order valence-electron chi connectivity index (χ1n) is 27.5. The van der Waals surface area contributed by atoms with Gasteiger partial charge in [-0.15, -0.1) is 0 Å². The summed E-state index contributed by atoms with van der Waals surface area (Å²) in [6, 6.07) is -0.996. The molecular formula is C55H95NO18. The fraction of sp³-hybridized carbons (Fsp3) is 0.800. The summed E-state index contributed by atoms with van der Waals surface area (Å²) in [5, 5.41) is 120. The number of hydrogen-bond donors (Lipinski definition) is 12. The van der Waals surface area contributed by atoms with E-state index in [2.05, 4.69) is 67.8 Å². The maximum Gasteiger partial charge on any atom is 0.220 e. The predicted molar refractivity (Wildman–Crippen MR) is 277 cm³/mol. The Balaban J connectivity index is 1.52. The molecule has 3 fully saturated rings. The van der Waals surface area contributed by atoms with Crippen molar-refractivity contribution in [3.63, 3.8) is 0 Å². The number of allylic oxidation sites excluding steroid dienone is 9. The SMILES string of the molecule is CCCCC/C=C\C/C=C\C/C=C\CCCCCCCCC(=O)NC(COC1OC(CO)C(OC2OC(CO)C(OC3OC(CO)C(O)C(O)C3O)C(O)C2O)C(O)C1O)C(O)/C=C/CC/C=C/CCCCCC. The zero-order chi connectivity index (χ0) is 54.1. The van der Waals surface area contributed by atoms with Gasteiger partial charge >= 0.3 is 0 Å². The first kappa shape index (κ1) is 65.8. The van der Waals surface area contributed by atoms with Crippen LogP contribution in [0.25, 0.3) is 0 Å². The Kier molecular flexibility index (Phi) is 34.6. The monoisotopic (exact) mass is 1060 g/mol. The van der Waals surface area contributed by atoms with Gasteiger partial charge in [0.15, 0.2) is 18.9 Å². The predicted octanol–water partition coefficient (Wildman–Crippen LogP) is 3.31. The number of ether oxygens (including phenoxy) is 6. The van der Waals surface area contributed by atoms with E-state index in [9.17, 15) is 61.0 Å². The van der Waals surface area contributed by atoms with Crippen LogP contribution in [0.1, 0.15) is 149 Å². The van der Waals surface area contributed by atoms with Gasteiger partial charge in [0.2, 0.25) is 5.91 Å². The number of rotatable bonds is 38.